The lowest BCUT2D eigenvalue weighted by Gasteiger charge is -2.07. The van der Waals surface area contributed by atoms with Crippen LogP contribution < -0.4 is 4.74 Å². The van der Waals surface area contributed by atoms with Gasteiger partial charge in [-0.1, -0.05) is 0 Å². The molecule has 0 aliphatic rings. The number of aryl methyl sites for hydroxylation is 1. The van der Waals surface area contributed by atoms with Gasteiger partial charge in [0.25, 0.3) is 0 Å². The number of benzene rings is 1. The number of rotatable bonds is 4. The molecule has 4 nitrogen and oxygen atoms in total. The number of ether oxygens (including phenoxy) is 1. The third kappa shape index (κ3) is 2.61. The molecule has 0 fully saturated rings. The van der Waals surface area contributed by atoms with Crippen LogP contribution in [0.15, 0.2) is 12.1 Å². The van der Waals surface area contributed by atoms with E-state index in [1.807, 2.05) is 6.07 Å². The number of aromatic hydroxyl groups is 1. The first-order chi connectivity index (χ1) is 7.22. The number of nitriles is 1. The van der Waals surface area contributed by atoms with E-state index in [1.54, 1.807) is 12.1 Å². The number of aliphatic hydroxyl groups excluding tert-OH is 1. The Labute approximate surface area is 88.4 Å². The van der Waals surface area contributed by atoms with E-state index in [0.717, 1.165) is 5.56 Å². The normalized spacial score (nSPS) is 9.67. The van der Waals surface area contributed by atoms with Gasteiger partial charge in [-0.3, -0.25) is 0 Å². The van der Waals surface area contributed by atoms with Crippen molar-refractivity contribution in [1.82, 2.24) is 0 Å². The Morgan fingerprint density at radius 1 is 1.47 bits per heavy atom. The smallest absolute Gasteiger partial charge is 0.175 e. The topological polar surface area (TPSA) is 73.5 Å². The number of phenols is 1. The summed E-state index contributed by atoms with van der Waals surface area (Å²) in [6.07, 6.45) is 1.28. The highest BCUT2D eigenvalue weighted by atomic mass is 16.5. The highest BCUT2D eigenvalue weighted by molar-refractivity contribution is 5.53. The predicted octanol–water partition coefficient (Wildman–Crippen LogP) is 1.20. The van der Waals surface area contributed by atoms with Crippen LogP contribution in [-0.2, 0) is 6.42 Å². The highest BCUT2D eigenvalue weighted by Gasteiger charge is 2.09. The minimum absolute atomic E-state index is 0.102. The maximum Gasteiger partial charge on any atom is 0.175 e. The molecule has 80 valence electrons. The molecule has 0 aliphatic heterocycles. The van der Waals surface area contributed by atoms with Crippen molar-refractivity contribution in [3.05, 3.63) is 23.3 Å². The van der Waals surface area contributed by atoms with E-state index in [9.17, 15) is 5.11 Å². The van der Waals surface area contributed by atoms with E-state index in [2.05, 4.69) is 0 Å². The monoisotopic (exact) mass is 207 g/mol. The molecule has 0 aliphatic carbocycles. The van der Waals surface area contributed by atoms with Crippen LogP contribution in [0.2, 0.25) is 0 Å². The Bertz CT molecular complexity index is 382. The van der Waals surface area contributed by atoms with Crippen LogP contribution in [0.4, 0.5) is 0 Å². The minimum atomic E-state index is -0.132. The van der Waals surface area contributed by atoms with E-state index in [-0.39, 0.29) is 17.9 Å². The van der Waals surface area contributed by atoms with Crippen LogP contribution in [0.1, 0.15) is 17.5 Å². The number of methoxy groups -OCH3 is 1. The molecular formula is C11H13NO3. The van der Waals surface area contributed by atoms with Gasteiger partial charge in [-0.15, -0.1) is 0 Å². The molecular weight excluding hydrogens is 194 g/mol. The summed E-state index contributed by atoms with van der Waals surface area (Å²) < 4.78 is 4.94. The number of aliphatic hydroxyl groups is 1. The standard InChI is InChI=1S/C11H13NO3/c1-15-10-6-8(3-2-4-13)5-9(7-12)11(10)14/h5-6,13-14H,2-4H2,1H3. The third-order valence-corrected chi connectivity index (χ3v) is 2.10. The molecule has 1 aromatic rings. The fourth-order valence-corrected chi connectivity index (χ4v) is 1.33. The summed E-state index contributed by atoms with van der Waals surface area (Å²) in [5, 5.41) is 27.0. The Balaban J connectivity index is 3.05. The van der Waals surface area contributed by atoms with Gasteiger partial charge in [0, 0.05) is 6.61 Å². The average molecular weight is 207 g/mol. The zero-order valence-electron chi connectivity index (χ0n) is 8.53. The Kier molecular flexibility index (Phi) is 3.95. The lowest BCUT2D eigenvalue weighted by atomic mass is 10.1. The molecule has 1 aromatic carbocycles. The summed E-state index contributed by atoms with van der Waals surface area (Å²) in [5.74, 6) is 0.162. The molecule has 2 N–H and O–H groups in total. The lowest BCUT2D eigenvalue weighted by molar-refractivity contribution is 0.288. The molecule has 15 heavy (non-hydrogen) atoms. The number of hydrogen-bond acceptors (Lipinski definition) is 4. The Morgan fingerprint density at radius 3 is 2.73 bits per heavy atom. The van der Waals surface area contributed by atoms with Crippen molar-refractivity contribution in [3.8, 4) is 17.6 Å². The van der Waals surface area contributed by atoms with Crippen LogP contribution in [0, 0.1) is 11.3 Å². The fraction of sp³-hybridized carbons (Fsp3) is 0.364. The zero-order chi connectivity index (χ0) is 11.3. The number of phenolic OH excluding ortho intramolecular Hbond substituents is 1. The molecule has 0 heterocycles. The second-order valence-corrected chi connectivity index (χ2v) is 3.13. The summed E-state index contributed by atoms with van der Waals surface area (Å²) in [6, 6.07) is 5.17. The van der Waals surface area contributed by atoms with E-state index >= 15 is 0 Å². The molecule has 0 aromatic heterocycles. The van der Waals surface area contributed by atoms with Gasteiger partial charge in [0.05, 0.1) is 12.7 Å². The summed E-state index contributed by atoms with van der Waals surface area (Å²) in [4.78, 5) is 0. The van der Waals surface area contributed by atoms with E-state index < -0.39 is 0 Å². The van der Waals surface area contributed by atoms with Crippen molar-refractivity contribution in [2.75, 3.05) is 13.7 Å². The quantitative estimate of drug-likeness (QED) is 0.778. The maximum atomic E-state index is 9.54. The summed E-state index contributed by atoms with van der Waals surface area (Å²) in [7, 11) is 1.44. The van der Waals surface area contributed by atoms with Crippen LogP contribution in [0.25, 0.3) is 0 Å². The van der Waals surface area contributed by atoms with Gasteiger partial charge >= 0.3 is 0 Å². The first kappa shape index (κ1) is 11.3. The van der Waals surface area contributed by atoms with E-state index in [4.69, 9.17) is 15.1 Å². The molecule has 1 rings (SSSR count). The van der Waals surface area contributed by atoms with E-state index in [0.29, 0.717) is 18.6 Å². The second kappa shape index (κ2) is 5.23. The van der Waals surface area contributed by atoms with Gasteiger partial charge in [0.15, 0.2) is 11.5 Å². The largest absolute Gasteiger partial charge is 0.503 e. The zero-order valence-corrected chi connectivity index (χ0v) is 8.53. The SMILES string of the molecule is COc1cc(CCCO)cc(C#N)c1O. The third-order valence-electron chi connectivity index (χ3n) is 2.10. The maximum absolute atomic E-state index is 9.54. The number of nitrogens with zero attached hydrogens (tertiary/aromatic N) is 1. The molecule has 0 unspecified atom stereocenters. The van der Waals surface area contributed by atoms with Crippen molar-refractivity contribution >= 4 is 0 Å². The lowest BCUT2D eigenvalue weighted by Crippen LogP contribution is -1.93. The van der Waals surface area contributed by atoms with Crippen molar-refractivity contribution < 1.29 is 14.9 Å². The van der Waals surface area contributed by atoms with Crippen LogP contribution in [0.3, 0.4) is 0 Å². The van der Waals surface area contributed by atoms with Crippen LogP contribution in [-0.4, -0.2) is 23.9 Å². The van der Waals surface area contributed by atoms with Gasteiger partial charge < -0.3 is 14.9 Å². The van der Waals surface area contributed by atoms with Crippen molar-refractivity contribution in [1.29, 1.82) is 5.26 Å². The molecule has 4 heteroatoms. The van der Waals surface area contributed by atoms with Gasteiger partial charge in [0.2, 0.25) is 0 Å². The van der Waals surface area contributed by atoms with Crippen LogP contribution >= 0.6 is 0 Å². The number of hydrogen-bond donors (Lipinski definition) is 2. The molecule has 0 spiro atoms. The summed E-state index contributed by atoms with van der Waals surface area (Å²) in [5.41, 5.74) is 1.07. The van der Waals surface area contributed by atoms with Gasteiger partial charge in [-0.2, -0.15) is 5.26 Å². The van der Waals surface area contributed by atoms with E-state index in [1.165, 1.54) is 7.11 Å². The minimum Gasteiger partial charge on any atom is -0.503 e. The molecule has 0 radical (unpaired) electrons. The summed E-state index contributed by atoms with van der Waals surface area (Å²) in [6.45, 7) is 0.102. The molecule has 0 atom stereocenters. The van der Waals surface area contributed by atoms with Crippen molar-refractivity contribution in [2.45, 2.75) is 12.8 Å². The fourth-order valence-electron chi connectivity index (χ4n) is 1.33. The van der Waals surface area contributed by atoms with Crippen molar-refractivity contribution in [3.63, 3.8) is 0 Å². The Morgan fingerprint density at radius 2 is 2.20 bits per heavy atom. The Hall–Kier alpha value is -1.73. The van der Waals surface area contributed by atoms with Gasteiger partial charge in [-0.05, 0) is 30.5 Å². The first-order valence-corrected chi connectivity index (χ1v) is 4.63. The van der Waals surface area contributed by atoms with Crippen LogP contribution in [0.5, 0.6) is 11.5 Å². The first-order valence-electron chi connectivity index (χ1n) is 4.63. The predicted molar refractivity (Wildman–Crippen MR) is 54.8 cm³/mol. The molecule has 0 saturated heterocycles. The summed E-state index contributed by atoms with van der Waals surface area (Å²) >= 11 is 0. The average Bonchev–Trinajstić information content (AvgIpc) is 2.27. The van der Waals surface area contributed by atoms with Gasteiger partial charge in [-0.25, -0.2) is 0 Å². The second-order valence-electron chi connectivity index (χ2n) is 3.13. The van der Waals surface area contributed by atoms with Crippen molar-refractivity contribution in [2.24, 2.45) is 0 Å². The molecule has 0 saturated carbocycles. The molecule has 0 bridgehead atoms. The van der Waals surface area contributed by atoms with Gasteiger partial charge in [0.1, 0.15) is 6.07 Å². The molecule has 0 amide bonds. The highest BCUT2D eigenvalue weighted by Crippen LogP contribution is 2.31.